The summed E-state index contributed by atoms with van der Waals surface area (Å²) in [4.78, 5) is 0. The molecule has 3 rings (SSSR count). The largest absolute Gasteiger partial charge is 0.0654 e. The summed E-state index contributed by atoms with van der Waals surface area (Å²) in [5.41, 5.74) is 0. The lowest BCUT2D eigenvalue weighted by atomic mass is 9.64. The summed E-state index contributed by atoms with van der Waals surface area (Å²) < 4.78 is 0. The predicted molar refractivity (Wildman–Crippen MR) is 115 cm³/mol. The Morgan fingerprint density at radius 3 is 1.73 bits per heavy atom. The zero-order valence-corrected chi connectivity index (χ0v) is 18.2. The molecule has 0 aromatic carbocycles. The molecule has 0 saturated heterocycles. The molecular formula is C26H48. The van der Waals surface area contributed by atoms with Crippen LogP contribution in [0, 0.1) is 35.5 Å². The van der Waals surface area contributed by atoms with E-state index in [0.29, 0.717) is 0 Å². The van der Waals surface area contributed by atoms with Crippen molar-refractivity contribution in [2.24, 2.45) is 35.5 Å². The minimum Gasteiger partial charge on any atom is -0.0654 e. The molecule has 0 aromatic rings. The van der Waals surface area contributed by atoms with E-state index in [1.807, 2.05) is 0 Å². The molecule has 26 heavy (non-hydrogen) atoms. The van der Waals surface area contributed by atoms with Crippen molar-refractivity contribution in [1.82, 2.24) is 0 Å². The zero-order valence-electron chi connectivity index (χ0n) is 18.2. The van der Waals surface area contributed by atoms with E-state index in [1.54, 1.807) is 70.6 Å². The number of rotatable bonds is 8. The van der Waals surface area contributed by atoms with Crippen LogP contribution in [0.25, 0.3) is 0 Å². The van der Waals surface area contributed by atoms with Crippen LogP contribution in [-0.2, 0) is 0 Å². The lowest BCUT2D eigenvalue weighted by Crippen LogP contribution is -2.30. The number of hydrogen-bond acceptors (Lipinski definition) is 0. The summed E-state index contributed by atoms with van der Waals surface area (Å²) in [7, 11) is 0. The Morgan fingerprint density at radius 1 is 0.500 bits per heavy atom. The third-order valence-corrected chi connectivity index (χ3v) is 8.78. The fourth-order valence-electron chi connectivity index (χ4n) is 7.15. The molecule has 0 amide bonds. The van der Waals surface area contributed by atoms with Gasteiger partial charge < -0.3 is 0 Å². The molecule has 3 fully saturated rings. The van der Waals surface area contributed by atoms with Gasteiger partial charge in [-0.05, 0) is 80.5 Å². The van der Waals surface area contributed by atoms with Crippen molar-refractivity contribution in [3.8, 4) is 0 Å². The third-order valence-electron chi connectivity index (χ3n) is 8.78. The Morgan fingerprint density at radius 2 is 1.12 bits per heavy atom. The lowest BCUT2D eigenvalue weighted by Gasteiger charge is -2.41. The van der Waals surface area contributed by atoms with Gasteiger partial charge in [0.15, 0.2) is 0 Å². The summed E-state index contributed by atoms with van der Waals surface area (Å²) >= 11 is 0. The topological polar surface area (TPSA) is 0 Å². The van der Waals surface area contributed by atoms with Gasteiger partial charge in [0.05, 0.1) is 0 Å². The van der Waals surface area contributed by atoms with Crippen LogP contribution in [0.15, 0.2) is 0 Å². The molecule has 0 aromatic heterocycles. The van der Waals surface area contributed by atoms with Gasteiger partial charge in [-0.2, -0.15) is 0 Å². The molecule has 152 valence electrons. The van der Waals surface area contributed by atoms with Crippen LogP contribution >= 0.6 is 0 Å². The van der Waals surface area contributed by atoms with Crippen molar-refractivity contribution in [2.45, 2.75) is 129 Å². The van der Waals surface area contributed by atoms with Gasteiger partial charge in [0, 0.05) is 0 Å². The molecule has 3 saturated carbocycles. The second kappa shape index (κ2) is 11.1. The molecule has 0 heteroatoms. The average Bonchev–Trinajstić information content (AvgIpc) is 2.69. The monoisotopic (exact) mass is 360 g/mol. The van der Waals surface area contributed by atoms with Gasteiger partial charge in [0.25, 0.3) is 0 Å². The van der Waals surface area contributed by atoms with Crippen LogP contribution in [0.1, 0.15) is 129 Å². The Kier molecular flexibility index (Phi) is 8.86. The van der Waals surface area contributed by atoms with Crippen molar-refractivity contribution >= 4 is 0 Å². The fourth-order valence-corrected chi connectivity index (χ4v) is 7.15. The number of hydrogen-bond donors (Lipinski definition) is 0. The van der Waals surface area contributed by atoms with Gasteiger partial charge in [-0.1, -0.05) is 84.5 Å². The minimum absolute atomic E-state index is 1.08. The van der Waals surface area contributed by atoms with E-state index in [2.05, 4.69) is 13.8 Å². The van der Waals surface area contributed by atoms with Crippen LogP contribution < -0.4 is 0 Å². The predicted octanol–water partition coefficient (Wildman–Crippen LogP) is 8.79. The Balaban J connectivity index is 1.35. The molecule has 3 aliphatic rings. The van der Waals surface area contributed by atoms with Gasteiger partial charge in [-0.15, -0.1) is 0 Å². The molecule has 0 radical (unpaired) electrons. The summed E-state index contributed by atoms with van der Waals surface area (Å²) in [6, 6.07) is 0. The van der Waals surface area contributed by atoms with Crippen molar-refractivity contribution in [3.63, 3.8) is 0 Å². The minimum atomic E-state index is 1.08. The smallest absolute Gasteiger partial charge is 0.0383 e. The highest BCUT2D eigenvalue weighted by atomic mass is 14.4. The maximum atomic E-state index is 2.38. The Labute approximate surface area is 165 Å². The normalized spacial score (nSPS) is 39.0. The molecule has 0 N–H and O–H groups in total. The maximum Gasteiger partial charge on any atom is -0.0383 e. The highest BCUT2D eigenvalue weighted by Crippen LogP contribution is 2.46. The molecular weight excluding hydrogens is 312 g/mol. The number of unbranched alkanes of at least 4 members (excludes halogenated alkanes) is 2. The molecule has 0 nitrogen and oxygen atoms in total. The lowest BCUT2D eigenvalue weighted by molar-refractivity contribution is 0.0984. The van der Waals surface area contributed by atoms with Crippen molar-refractivity contribution in [1.29, 1.82) is 0 Å². The van der Waals surface area contributed by atoms with Gasteiger partial charge in [0.1, 0.15) is 0 Å². The zero-order chi connectivity index (χ0) is 18.2. The molecule has 2 atom stereocenters. The van der Waals surface area contributed by atoms with Crippen molar-refractivity contribution < 1.29 is 0 Å². The average molecular weight is 361 g/mol. The van der Waals surface area contributed by atoms with E-state index in [9.17, 15) is 0 Å². The molecule has 0 unspecified atom stereocenters. The standard InChI is InChI=1S/C26H48/c1-3-5-6-9-21-12-14-23(15-13-21)24-16-18-25(19-17-24)26-11-7-10-22(20-26)8-4-2/h21-26H,3-20H2,1-2H3/t21-,22-,23-,24?,25?,26+/m0/s1. The first-order chi connectivity index (χ1) is 12.8. The summed E-state index contributed by atoms with van der Waals surface area (Å²) in [6.07, 6.45) is 27.7. The first-order valence-electron chi connectivity index (χ1n) is 12.8. The van der Waals surface area contributed by atoms with E-state index in [4.69, 9.17) is 0 Å². The van der Waals surface area contributed by atoms with Gasteiger partial charge in [0.2, 0.25) is 0 Å². The summed E-state index contributed by atoms with van der Waals surface area (Å²) in [6.45, 7) is 4.72. The van der Waals surface area contributed by atoms with Crippen LogP contribution in [0.4, 0.5) is 0 Å². The fraction of sp³-hybridized carbons (Fsp3) is 1.00. The van der Waals surface area contributed by atoms with Crippen molar-refractivity contribution in [2.75, 3.05) is 0 Å². The highest BCUT2D eigenvalue weighted by molar-refractivity contribution is 4.86. The van der Waals surface area contributed by atoms with Gasteiger partial charge in [-0.25, -0.2) is 0 Å². The van der Waals surface area contributed by atoms with E-state index < -0.39 is 0 Å². The van der Waals surface area contributed by atoms with E-state index in [1.165, 1.54) is 44.9 Å². The quantitative estimate of drug-likeness (QED) is 0.379. The SMILES string of the molecule is CCCCC[C@H]1CC[C@H](C2CCC([C@@H]3CCC[C@H](CCC)C3)CC2)CC1. The van der Waals surface area contributed by atoms with Crippen molar-refractivity contribution in [3.05, 3.63) is 0 Å². The second-order valence-corrected chi connectivity index (χ2v) is 10.5. The van der Waals surface area contributed by atoms with Gasteiger partial charge in [-0.3, -0.25) is 0 Å². The second-order valence-electron chi connectivity index (χ2n) is 10.5. The molecule has 0 bridgehead atoms. The first-order valence-corrected chi connectivity index (χ1v) is 12.8. The van der Waals surface area contributed by atoms with Crippen LogP contribution in [0.5, 0.6) is 0 Å². The van der Waals surface area contributed by atoms with Crippen LogP contribution in [0.3, 0.4) is 0 Å². The van der Waals surface area contributed by atoms with Gasteiger partial charge >= 0.3 is 0 Å². The Bertz CT molecular complexity index is 354. The maximum absolute atomic E-state index is 2.38. The third kappa shape index (κ3) is 6.00. The highest BCUT2D eigenvalue weighted by Gasteiger charge is 2.34. The Hall–Kier alpha value is 0. The first kappa shape index (κ1) is 20.7. The molecule has 0 spiro atoms. The van der Waals surface area contributed by atoms with E-state index >= 15 is 0 Å². The van der Waals surface area contributed by atoms with E-state index in [-0.39, 0.29) is 0 Å². The van der Waals surface area contributed by atoms with Crippen LogP contribution in [0.2, 0.25) is 0 Å². The van der Waals surface area contributed by atoms with E-state index in [0.717, 1.165) is 35.5 Å². The molecule has 3 aliphatic carbocycles. The molecule has 0 aliphatic heterocycles. The summed E-state index contributed by atoms with van der Waals surface area (Å²) in [5.74, 6) is 6.61. The summed E-state index contributed by atoms with van der Waals surface area (Å²) in [5, 5.41) is 0. The molecule has 0 heterocycles. The van der Waals surface area contributed by atoms with Crippen LogP contribution in [-0.4, -0.2) is 0 Å².